The number of carbonyl (C=O) groups excluding carboxylic acids is 2. The van der Waals surface area contributed by atoms with Crippen LogP contribution in [-0.4, -0.2) is 18.5 Å². The lowest BCUT2D eigenvalue weighted by Gasteiger charge is -2.10. The van der Waals surface area contributed by atoms with Crippen LogP contribution in [0, 0.1) is 0 Å². The van der Waals surface area contributed by atoms with E-state index >= 15 is 0 Å². The fraction of sp³-hybridized carbons (Fsp3) is 0.500. The van der Waals surface area contributed by atoms with Gasteiger partial charge in [0.25, 0.3) is 0 Å². The SMILES string of the molecule is [2H]C1([2H])CNC(=O)NC1=O. The van der Waals surface area contributed by atoms with Crippen LogP contribution in [0.5, 0.6) is 0 Å². The summed E-state index contributed by atoms with van der Waals surface area (Å²) in [5.74, 6) is -0.878. The van der Waals surface area contributed by atoms with Gasteiger partial charge in [0.05, 0.1) is 0 Å². The first-order valence-electron chi connectivity index (χ1n) is 3.12. The maximum Gasteiger partial charge on any atom is 0.321 e. The van der Waals surface area contributed by atoms with Crippen molar-refractivity contribution in [2.24, 2.45) is 0 Å². The van der Waals surface area contributed by atoms with Crippen molar-refractivity contribution in [1.82, 2.24) is 10.6 Å². The number of rotatable bonds is 0. The predicted octanol–water partition coefficient (Wildman–Crippen LogP) is -0.784. The molecule has 0 saturated carbocycles. The zero-order valence-corrected chi connectivity index (χ0v) is 4.02. The summed E-state index contributed by atoms with van der Waals surface area (Å²) < 4.78 is 13.9. The van der Waals surface area contributed by atoms with Gasteiger partial charge in [-0.3, -0.25) is 10.1 Å². The van der Waals surface area contributed by atoms with Crippen LogP contribution in [0.15, 0.2) is 0 Å². The smallest absolute Gasteiger partial charge is 0.321 e. The molecule has 0 bridgehead atoms. The summed E-state index contributed by atoms with van der Waals surface area (Å²) in [6, 6.07) is -0.639. The Morgan fingerprint density at radius 2 is 2.38 bits per heavy atom. The Kier molecular flexibility index (Phi) is 0.695. The summed E-state index contributed by atoms with van der Waals surface area (Å²) in [5, 5.41) is 3.96. The summed E-state index contributed by atoms with van der Waals surface area (Å²) in [6.45, 7) is -0.252. The molecule has 1 rings (SSSR count). The first-order chi connectivity index (χ1) is 4.52. The van der Waals surface area contributed by atoms with E-state index in [2.05, 4.69) is 5.32 Å². The van der Waals surface area contributed by atoms with Gasteiger partial charge in [-0.2, -0.15) is 0 Å². The molecule has 4 heteroatoms. The molecule has 1 fully saturated rings. The van der Waals surface area contributed by atoms with Gasteiger partial charge in [0.1, 0.15) is 0 Å². The van der Waals surface area contributed by atoms with Crippen molar-refractivity contribution in [3.8, 4) is 0 Å². The van der Waals surface area contributed by atoms with E-state index in [1.54, 1.807) is 5.32 Å². The number of carbonyl (C=O) groups is 2. The van der Waals surface area contributed by atoms with Gasteiger partial charge in [0, 0.05) is 15.7 Å². The fourth-order valence-corrected chi connectivity index (χ4v) is 0.396. The Morgan fingerprint density at radius 3 is 2.88 bits per heavy atom. The summed E-state index contributed by atoms with van der Waals surface area (Å²) in [6.07, 6.45) is -1.96. The normalized spacial score (nSPS) is 29.5. The maximum absolute atomic E-state index is 10.6. The predicted molar refractivity (Wildman–Crippen MR) is 26.2 cm³/mol. The van der Waals surface area contributed by atoms with Crippen LogP contribution in [0.2, 0.25) is 0 Å². The molecule has 1 heterocycles. The molecular weight excluding hydrogens is 108 g/mol. The van der Waals surface area contributed by atoms with E-state index in [1.165, 1.54) is 0 Å². The van der Waals surface area contributed by atoms with Gasteiger partial charge in [0.15, 0.2) is 0 Å². The van der Waals surface area contributed by atoms with Crippen molar-refractivity contribution in [2.75, 3.05) is 6.54 Å². The Balaban J connectivity index is 2.70. The van der Waals surface area contributed by atoms with Crippen LogP contribution in [0.4, 0.5) is 4.79 Å². The van der Waals surface area contributed by atoms with Gasteiger partial charge in [-0.25, -0.2) is 4.79 Å². The highest BCUT2D eigenvalue weighted by Crippen LogP contribution is 1.82. The first-order valence-corrected chi connectivity index (χ1v) is 2.12. The highest BCUT2D eigenvalue weighted by atomic mass is 16.2. The Morgan fingerprint density at radius 1 is 1.62 bits per heavy atom. The monoisotopic (exact) mass is 116 g/mol. The van der Waals surface area contributed by atoms with Crippen molar-refractivity contribution < 1.29 is 12.3 Å². The number of imide groups is 1. The van der Waals surface area contributed by atoms with E-state index in [9.17, 15) is 9.59 Å². The number of urea groups is 1. The van der Waals surface area contributed by atoms with Gasteiger partial charge < -0.3 is 5.32 Å². The lowest BCUT2D eigenvalue weighted by molar-refractivity contribution is -0.120. The minimum Gasteiger partial charge on any atom is -0.337 e. The molecule has 0 atom stereocenters. The maximum atomic E-state index is 10.6. The minimum absolute atomic E-state index is 0.252. The van der Waals surface area contributed by atoms with E-state index in [0.29, 0.717) is 0 Å². The molecule has 44 valence electrons. The largest absolute Gasteiger partial charge is 0.337 e. The zero-order chi connectivity index (χ0) is 7.78. The number of hydrogen-bond acceptors (Lipinski definition) is 2. The Labute approximate surface area is 49.1 Å². The molecule has 0 unspecified atom stereocenters. The van der Waals surface area contributed by atoms with Crippen LogP contribution in [0.1, 0.15) is 9.11 Å². The second kappa shape index (κ2) is 1.81. The summed E-state index contributed by atoms with van der Waals surface area (Å²) in [7, 11) is 0. The minimum atomic E-state index is -1.96. The average Bonchev–Trinajstić information content (AvgIpc) is 1.81. The lowest BCUT2D eigenvalue weighted by Crippen LogP contribution is -2.46. The molecule has 0 aromatic carbocycles. The van der Waals surface area contributed by atoms with Crippen molar-refractivity contribution in [2.45, 2.75) is 6.37 Å². The third-order valence-corrected chi connectivity index (χ3v) is 0.725. The van der Waals surface area contributed by atoms with Crippen molar-refractivity contribution in [3.05, 3.63) is 0 Å². The Bertz CT molecular complexity index is 192. The molecule has 0 radical (unpaired) electrons. The molecule has 1 aliphatic heterocycles. The molecule has 1 saturated heterocycles. The van der Waals surface area contributed by atoms with E-state index in [1.807, 2.05) is 0 Å². The molecule has 2 N–H and O–H groups in total. The van der Waals surface area contributed by atoms with Gasteiger partial charge in [0.2, 0.25) is 5.91 Å². The standard InChI is InChI=1S/C4H6N2O2/c7-3-1-2-5-4(8)6-3/h1-2H2,(H2,5,6,7,8)/i1D2. The van der Waals surface area contributed by atoms with E-state index < -0.39 is 18.3 Å². The lowest BCUT2D eigenvalue weighted by atomic mass is 10.3. The van der Waals surface area contributed by atoms with Gasteiger partial charge in [-0.1, -0.05) is 0 Å². The number of amides is 3. The molecule has 8 heavy (non-hydrogen) atoms. The zero-order valence-electron chi connectivity index (χ0n) is 6.02. The highest BCUT2D eigenvalue weighted by molar-refractivity contribution is 5.96. The molecule has 0 aromatic rings. The quantitative estimate of drug-likeness (QED) is 0.436. The van der Waals surface area contributed by atoms with Gasteiger partial charge in [-0.15, -0.1) is 0 Å². The summed E-state index contributed by atoms with van der Waals surface area (Å²) in [4.78, 5) is 20.9. The van der Waals surface area contributed by atoms with E-state index in [-0.39, 0.29) is 6.54 Å². The molecule has 0 aromatic heterocycles. The topological polar surface area (TPSA) is 58.2 Å². The van der Waals surface area contributed by atoms with Crippen LogP contribution in [0.3, 0.4) is 0 Å². The third kappa shape index (κ3) is 0.959. The molecule has 4 nitrogen and oxygen atoms in total. The summed E-state index contributed by atoms with van der Waals surface area (Å²) >= 11 is 0. The number of nitrogens with one attached hydrogen (secondary N) is 2. The molecular formula is C4H6N2O2. The fourth-order valence-electron chi connectivity index (χ4n) is 0.396. The van der Waals surface area contributed by atoms with Crippen LogP contribution in [0.25, 0.3) is 0 Å². The van der Waals surface area contributed by atoms with Gasteiger partial charge >= 0.3 is 6.03 Å². The van der Waals surface area contributed by atoms with Crippen molar-refractivity contribution in [1.29, 1.82) is 0 Å². The molecule has 3 amide bonds. The molecule has 0 spiro atoms. The van der Waals surface area contributed by atoms with Crippen molar-refractivity contribution >= 4 is 11.9 Å². The number of hydrogen-bond donors (Lipinski definition) is 2. The van der Waals surface area contributed by atoms with Crippen molar-refractivity contribution in [3.63, 3.8) is 0 Å². The van der Waals surface area contributed by atoms with Crippen LogP contribution >= 0.6 is 0 Å². The highest BCUT2D eigenvalue weighted by Gasteiger charge is 2.11. The first kappa shape index (κ1) is 3.06. The summed E-state index contributed by atoms with van der Waals surface area (Å²) in [5.41, 5.74) is 0. The second-order valence-corrected chi connectivity index (χ2v) is 1.31. The van der Waals surface area contributed by atoms with Gasteiger partial charge in [-0.05, 0) is 0 Å². The Hall–Kier alpha value is -1.06. The van der Waals surface area contributed by atoms with Crippen LogP contribution < -0.4 is 10.6 Å². The molecule has 0 aliphatic carbocycles. The third-order valence-electron chi connectivity index (χ3n) is 0.725. The molecule has 1 aliphatic rings. The average molecular weight is 116 g/mol. The second-order valence-electron chi connectivity index (χ2n) is 1.31. The van der Waals surface area contributed by atoms with E-state index in [4.69, 9.17) is 2.74 Å². The van der Waals surface area contributed by atoms with Crippen LogP contribution in [-0.2, 0) is 4.79 Å². The van der Waals surface area contributed by atoms with E-state index in [0.717, 1.165) is 0 Å².